The van der Waals surface area contributed by atoms with Crippen molar-refractivity contribution in [3.63, 3.8) is 0 Å². The first-order valence-corrected chi connectivity index (χ1v) is 11.3. The van der Waals surface area contributed by atoms with E-state index in [9.17, 15) is 18.0 Å². The van der Waals surface area contributed by atoms with Crippen LogP contribution in [-0.4, -0.2) is 62.9 Å². The van der Waals surface area contributed by atoms with Crippen LogP contribution in [0.25, 0.3) is 0 Å². The number of benzene rings is 1. The summed E-state index contributed by atoms with van der Waals surface area (Å²) >= 11 is 0. The van der Waals surface area contributed by atoms with Gasteiger partial charge in [-0.1, -0.05) is 19.8 Å². The van der Waals surface area contributed by atoms with Crippen LogP contribution in [0.4, 0.5) is 5.69 Å². The van der Waals surface area contributed by atoms with Crippen LogP contribution in [0, 0.1) is 0 Å². The van der Waals surface area contributed by atoms with Gasteiger partial charge >= 0.3 is 0 Å². The van der Waals surface area contributed by atoms with Gasteiger partial charge in [0.2, 0.25) is 11.8 Å². The zero-order valence-electron chi connectivity index (χ0n) is 16.4. The normalized spacial score (nSPS) is 13.1. The highest BCUT2D eigenvalue weighted by molar-refractivity contribution is 7.92. The van der Waals surface area contributed by atoms with E-state index in [0.29, 0.717) is 36.8 Å². The molecule has 0 fully saturated rings. The summed E-state index contributed by atoms with van der Waals surface area (Å²) < 4.78 is 35.1. The second-order valence-electron chi connectivity index (χ2n) is 6.61. The Hall–Kier alpha value is -2.29. The third kappa shape index (κ3) is 6.70. The summed E-state index contributed by atoms with van der Waals surface area (Å²) in [6.07, 6.45) is 2.26. The Morgan fingerprint density at radius 2 is 1.82 bits per heavy atom. The molecule has 0 bridgehead atoms. The van der Waals surface area contributed by atoms with Crippen LogP contribution in [0.15, 0.2) is 18.2 Å². The summed E-state index contributed by atoms with van der Waals surface area (Å²) in [4.78, 5) is 25.9. The van der Waals surface area contributed by atoms with Gasteiger partial charge < -0.3 is 19.7 Å². The Labute approximate surface area is 166 Å². The molecule has 1 aromatic carbocycles. The maximum atomic E-state index is 12.3. The van der Waals surface area contributed by atoms with Gasteiger partial charge in [0.25, 0.3) is 0 Å². The van der Waals surface area contributed by atoms with Gasteiger partial charge in [-0.3, -0.25) is 9.59 Å². The lowest BCUT2D eigenvalue weighted by Crippen LogP contribution is -2.41. The molecule has 9 heteroatoms. The van der Waals surface area contributed by atoms with E-state index >= 15 is 0 Å². The topological polar surface area (TPSA) is 102 Å². The molecule has 0 radical (unpaired) electrons. The van der Waals surface area contributed by atoms with E-state index in [1.165, 1.54) is 4.90 Å². The Kier molecular flexibility index (Phi) is 8.10. The number of carbonyl (C=O) groups is 2. The Morgan fingerprint density at radius 3 is 2.50 bits per heavy atom. The zero-order chi connectivity index (χ0) is 20.6. The third-order valence-corrected chi connectivity index (χ3v) is 5.89. The lowest BCUT2D eigenvalue weighted by molar-refractivity contribution is -0.132. The van der Waals surface area contributed by atoms with Gasteiger partial charge in [-0.05, 0) is 25.5 Å². The average Bonchev–Trinajstić information content (AvgIpc) is 2.65. The number of nitrogens with zero attached hydrogens (tertiary/aromatic N) is 1. The van der Waals surface area contributed by atoms with Crippen molar-refractivity contribution in [2.45, 2.75) is 33.1 Å². The van der Waals surface area contributed by atoms with E-state index in [2.05, 4.69) is 5.32 Å². The molecule has 156 valence electrons. The van der Waals surface area contributed by atoms with Crippen molar-refractivity contribution in [2.24, 2.45) is 0 Å². The molecule has 0 aromatic heterocycles. The lowest BCUT2D eigenvalue weighted by atomic mass is 10.2. The van der Waals surface area contributed by atoms with E-state index in [4.69, 9.17) is 9.47 Å². The highest BCUT2D eigenvalue weighted by Crippen LogP contribution is 2.32. The first-order valence-electron chi connectivity index (χ1n) is 9.52. The molecule has 28 heavy (non-hydrogen) atoms. The fourth-order valence-electron chi connectivity index (χ4n) is 2.79. The van der Waals surface area contributed by atoms with Gasteiger partial charge in [-0.15, -0.1) is 0 Å². The highest BCUT2D eigenvalue weighted by atomic mass is 32.2. The number of fused-ring (bicyclic) bond motifs is 1. The minimum Gasteiger partial charge on any atom is -0.486 e. The Bertz CT molecular complexity index is 794. The second kappa shape index (κ2) is 10.3. The molecule has 0 saturated heterocycles. The molecule has 0 aliphatic carbocycles. The first kappa shape index (κ1) is 22.0. The summed E-state index contributed by atoms with van der Waals surface area (Å²) in [5.41, 5.74) is 0.518. The van der Waals surface area contributed by atoms with Gasteiger partial charge in [0, 0.05) is 18.3 Å². The van der Waals surface area contributed by atoms with E-state index in [-0.39, 0.29) is 18.8 Å². The minimum absolute atomic E-state index is 0.00642. The number of likely N-dealkylation sites (N-methyl/N-ethyl adjacent to an activating group) is 1. The number of nitrogens with one attached hydrogen (secondary N) is 1. The van der Waals surface area contributed by atoms with Gasteiger partial charge in [0.1, 0.15) is 19.0 Å². The fraction of sp³-hybridized carbons (Fsp3) is 0.579. The Balaban J connectivity index is 1.90. The molecule has 8 nitrogen and oxygen atoms in total. The van der Waals surface area contributed by atoms with Gasteiger partial charge in [0.15, 0.2) is 21.3 Å². The van der Waals surface area contributed by atoms with E-state index in [1.807, 2.05) is 6.92 Å². The summed E-state index contributed by atoms with van der Waals surface area (Å²) in [6.45, 7) is 4.64. The number of ether oxygens (including phenoxy) is 2. The standard InChI is InChI=1S/C19H28N2O6S/c1-3-5-6-11-28(24,25)14-19(23)21(4-2)13-18(22)20-15-7-8-16-17(12-15)27-10-9-26-16/h7-8,12H,3-6,9-11,13-14H2,1-2H3,(H,20,22). The molecule has 2 amide bonds. The molecular weight excluding hydrogens is 384 g/mol. The average molecular weight is 413 g/mol. The largest absolute Gasteiger partial charge is 0.486 e. The van der Waals surface area contributed by atoms with Gasteiger partial charge in [0.05, 0.1) is 12.3 Å². The van der Waals surface area contributed by atoms with Crippen molar-refractivity contribution in [1.82, 2.24) is 4.90 Å². The number of hydrogen-bond acceptors (Lipinski definition) is 6. The maximum Gasteiger partial charge on any atom is 0.243 e. The number of sulfone groups is 1. The lowest BCUT2D eigenvalue weighted by Gasteiger charge is -2.21. The molecule has 1 N–H and O–H groups in total. The van der Waals surface area contributed by atoms with Crippen LogP contribution < -0.4 is 14.8 Å². The number of anilines is 1. The molecule has 0 saturated carbocycles. The van der Waals surface area contributed by atoms with Crippen molar-refractivity contribution in [3.8, 4) is 11.5 Å². The molecule has 1 heterocycles. The number of amides is 2. The molecule has 1 aromatic rings. The molecule has 0 unspecified atom stereocenters. The van der Waals surface area contributed by atoms with Crippen molar-refractivity contribution >= 4 is 27.3 Å². The van der Waals surface area contributed by atoms with Crippen molar-refractivity contribution in [2.75, 3.05) is 43.1 Å². The number of rotatable bonds is 10. The predicted molar refractivity (Wildman–Crippen MR) is 106 cm³/mol. The van der Waals surface area contributed by atoms with Crippen LogP contribution in [0.2, 0.25) is 0 Å². The summed E-state index contributed by atoms with van der Waals surface area (Å²) in [5.74, 6) is -0.379. The quantitative estimate of drug-likeness (QED) is 0.589. The predicted octanol–water partition coefficient (Wildman–Crippen LogP) is 1.85. The van der Waals surface area contributed by atoms with E-state index in [0.717, 1.165) is 12.8 Å². The molecular formula is C19H28N2O6S. The monoisotopic (exact) mass is 412 g/mol. The summed E-state index contributed by atoms with van der Waals surface area (Å²) in [6, 6.07) is 5.04. The van der Waals surface area contributed by atoms with E-state index < -0.39 is 27.4 Å². The maximum absolute atomic E-state index is 12.3. The zero-order valence-corrected chi connectivity index (χ0v) is 17.2. The molecule has 1 aliphatic rings. The fourth-order valence-corrected chi connectivity index (χ4v) is 4.14. The second-order valence-corrected chi connectivity index (χ2v) is 8.80. The van der Waals surface area contributed by atoms with Crippen LogP contribution in [0.5, 0.6) is 11.5 Å². The van der Waals surface area contributed by atoms with Crippen LogP contribution in [0.3, 0.4) is 0 Å². The van der Waals surface area contributed by atoms with Crippen LogP contribution in [0.1, 0.15) is 33.1 Å². The minimum atomic E-state index is -3.47. The SMILES string of the molecule is CCCCCS(=O)(=O)CC(=O)N(CC)CC(=O)Nc1ccc2c(c1)OCCO2. The van der Waals surface area contributed by atoms with Crippen molar-refractivity contribution in [1.29, 1.82) is 0 Å². The highest BCUT2D eigenvalue weighted by Gasteiger charge is 2.22. The summed E-state index contributed by atoms with van der Waals surface area (Å²) in [7, 11) is -3.47. The van der Waals surface area contributed by atoms with Gasteiger partial charge in [-0.2, -0.15) is 0 Å². The molecule has 2 rings (SSSR count). The number of hydrogen-bond donors (Lipinski definition) is 1. The molecule has 0 atom stereocenters. The molecule has 0 spiro atoms. The smallest absolute Gasteiger partial charge is 0.243 e. The number of unbranched alkanes of at least 4 members (excludes halogenated alkanes) is 2. The third-order valence-electron chi connectivity index (χ3n) is 4.30. The first-order chi connectivity index (χ1) is 13.3. The van der Waals surface area contributed by atoms with Crippen molar-refractivity contribution in [3.05, 3.63) is 18.2 Å². The van der Waals surface area contributed by atoms with Crippen molar-refractivity contribution < 1.29 is 27.5 Å². The molecule has 1 aliphatic heterocycles. The van der Waals surface area contributed by atoms with Crippen LogP contribution >= 0.6 is 0 Å². The summed E-state index contributed by atoms with van der Waals surface area (Å²) in [5, 5.41) is 2.70. The van der Waals surface area contributed by atoms with Gasteiger partial charge in [-0.25, -0.2) is 8.42 Å². The van der Waals surface area contributed by atoms with Crippen LogP contribution in [-0.2, 0) is 19.4 Å². The van der Waals surface area contributed by atoms with E-state index in [1.54, 1.807) is 25.1 Å². The Morgan fingerprint density at radius 1 is 1.11 bits per heavy atom. The number of carbonyl (C=O) groups excluding carboxylic acids is 2.